The van der Waals surface area contributed by atoms with Gasteiger partial charge < -0.3 is 10.3 Å². The van der Waals surface area contributed by atoms with E-state index in [-0.39, 0.29) is 30.3 Å². The minimum Gasteiger partial charge on any atom is -0.349 e. The molecule has 0 bridgehead atoms. The summed E-state index contributed by atoms with van der Waals surface area (Å²) in [6.45, 7) is 1.92. The van der Waals surface area contributed by atoms with E-state index in [2.05, 4.69) is 20.4 Å². The fraction of sp³-hybridized carbons (Fsp3) is 0.409. The molecular weight excluding hydrogens is 475 g/mol. The number of thiophene rings is 1. The predicted molar refractivity (Wildman–Crippen MR) is 124 cm³/mol. The Morgan fingerprint density at radius 3 is 2.79 bits per heavy atom. The highest BCUT2D eigenvalue weighted by Crippen LogP contribution is 2.35. The van der Waals surface area contributed by atoms with E-state index < -0.39 is 11.7 Å². The van der Waals surface area contributed by atoms with Gasteiger partial charge in [0.15, 0.2) is 0 Å². The van der Waals surface area contributed by atoms with Gasteiger partial charge in [-0.05, 0) is 50.5 Å². The molecule has 1 saturated carbocycles. The van der Waals surface area contributed by atoms with Crippen molar-refractivity contribution in [2.24, 2.45) is 7.05 Å². The Balaban J connectivity index is 0.00000259. The molecule has 0 saturated heterocycles. The van der Waals surface area contributed by atoms with Gasteiger partial charge in [-0.2, -0.15) is 18.3 Å². The normalized spacial score (nSPS) is 19.1. The standard InChI is InChI=1S/C22H22F3N5OS.ClH/c1-11-15-10-18(32-21(15)30(2)29-11)20(31)26-14-5-3-4-12(8-14)19-27-16-7-6-13(22(23,24)25)9-17(16)28-19;/h6-7,9-10,12,14H,3-5,8H2,1-2H3,(H,26,31)(H,27,28);1H/t12-,14+;/m0./s1. The molecule has 176 valence electrons. The Labute approximate surface area is 198 Å². The molecule has 1 aliphatic rings. The first-order valence-corrected chi connectivity index (χ1v) is 11.3. The third kappa shape index (κ3) is 4.46. The Morgan fingerprint density at radius 1 is 1.27 bits per heavy atom. The molecule has 1 aromatic carbocycles. The third-order valence-electron chi connectivity index (χ3n) is 6.14. The first-order valence-electron chi connectivity index (χ1n) is 10.5. The van der Waals surface area contributed by atoms with Gasteiger partial charge in [-0.1, -0.05) is 6.42 Å². The molecule has 1 aliphatic carbocycles. The first-order chi connectivity index (χ1) is 15.2. The lowest BCUT2D eigenvalue weighted by molar-refractivity contribution is -0.137. The molecule has 5 rings (SSSR count). The summed E-state index contributed by atoms with van der Waals surface area (Å²) < 4.78 is 40.8. The van der Waals surface area contributed by atoms with Crippen molar-refractivity contribution in [2.75, 3.05) is 0 Å². The number of halogens is 4. The number of nitrogens with zero attached hydrogens (tertiary/aromatic N) is 3. The summed E-state index contributed by atoms with van der Waals surface area (Å²) in [4.78, 5) is 22.1. The lowest BCUT2D eigenvalue weighted by Crippen LogP contribution is -2.37. The highest BCUT2D eigenvalue weighted by Gasteiger charge is 2.31. The summed E-state index contributed by atoms with van der Waals surface area (Å²) in [6.07, 6.45) is -1.04. The second-order valence-corrected chi connectivity index (χ2v) is 9.45. The van der Waals surface area contributed by atoms with Crippen LogP contribution in [-0.4, -0.2) is 31.7 Å². The van der Waals surface area contributed by atoms with E-state index in [0.717, 1.165) is 47.3 Å². The zero-order valence-corrected chi connectivity index (χ0v) is 19.6. The maximum absolute atomic E-state index is 13.0. The number of rotatable bonds is 3. The molecule has 1 fully saturated rings. The Kier molecular flexibility index (Phi) is 6.17. The fourth-order valence-corrected chi connectivity index (χ4v) is 5.56. The van der Waals surface area contributed by atoms with Gasteiger partial charge in [0.05, 0.1) is 27.2 Å². The van der Waals surface area contributed by atoms with E-state index in [1.165, 1.54) is 17.4 Å². The van der Waals surface area contributed by atoms with Crippen molar-refractivity contribution in [2.45, 2.75) is 50.7 Å². The van der Waals surface area contributed by atoms with Crippen molar-refractivity contribution in [3.05, 3.63) is 46.2 Å². The molecule has 4 aromatic rings. The minimum absolute atomic E-state index is 0. The number of aryl methyl sites for hydroxylation is 2. The average molecular weight is 498 g/mol. The molecule has 6 nitrogen and oxygen atoms in total. The van der Waals surface area contributed by atoms with Crippen molar-refractivity contribution in [1.29, 1.82) is 0 Å². The van der Waals surface area contributed by atoms with E-state index >= 15 is 0 Å². The molecular formula is C22H23ClF3N5OS. The van der Waals surface area contributed by atoms with Crippen molar-refractivity contribution in [3.63, 3.8) is 0 Å². The molecule has 3 heterocycles. The fourth-order valence-electron chi connectivity index (χ4n) is 4.54. The second kappa shape index (κ2) is 8.64. The van der Waals surface area contributed by atoms with Gasteiger partial charge in [-0.25, -0.2) is 4.98 Å². The Hall–Kier alpha value is -2.59. The number of nitrogens with one attached hydrogen (secondary N) is 2. The van der Waals surface area contributed by atoms with E-state index in [0.29, 0.717) is 28.2 Å². The van der Waals surface area contributed by atoms with Crippen molar-refractivity contribution in [3.8, 4) is 0 Å². The number of carbonyl (C=O) groups excluding carboxylic acids is 1. The summed E-state index contributed by atoms with van der Waals surface area (Å²) >= 11 is 1.42. The molecule has 33 heavy (non-hydrogen) atoms. The van der Waals surface area contributed by atoms with Crippen LogP contribution in [0.2, 0.25) is 0 Å². The molecule has 1 amide bonds. The lowest BCUT2D eigenvalue weighted by Gasteiger charge is -2.28. The number of aromatic amines is 1. The number of hydrogen-bond acceptors (Lipinski definition) is 4. The van der Waals surface area contributed by atoms with Crippen LogP contribution in [0.4, 0.5) is 13.2 Å². The van der Waals surface area contributed by atoms with Crippen LogP contribution in [0, 0.1) is 6.92 Å². The maximum Gasteiger partial charge on any atom is 0.416 e. The van der Waals surface area contributed by atoms with E-state index in [4.69, 9.17) is 0 Å². The highest BCUT2D eigenvalue weighted by atomic mass is 35.5. The summed E-state index contributed by atoms with van der Waals surface area (Å²) in [7, 11) is 1.87. The number of aromatic nitrogens is 4. The summed E-state index contributed by atoms with van der Waals surface area (Å²) in [5, 5.41) is 8.50. The summed E-state index contributed by atoms with van der Waals surface area (Å²) in [5.41, 5.74) is 1.10. The van der Waals surface area contributed by atoms with Gasteiger partial charge in [0, 0.05) is 24.4 Å². The Morgan fingerprint density at radius 2 is 2.06 bits per heavy atom. The van der Waals surface area contributed by atoms with Gasteiger partial charge in [-0.15, -0.1) is 23.7 Å². The number of carbonyl (C=O) groups is 1. The van der Waals surface area contributed by atoms with Gasteiger partial charge in [-0.3, -0.25) is 9.48 Å². The number of fused-ring (bicyclic) bond motifs is 2. The number of hydrogen-bond donors (Lipinski definition) is 2. The van der Waals surface area contributed by atoms with Crippen LogP contribution in [0.3, 0.4) is 0 Å². The van der Waals surface area contributed by atoms with Gasteiger partial charge >= 0.3 is 6.18 Å². The quantitative estimate of drug-likeness (QED) is 0.380. The van der Waals surface area contributed by atoms with Crippen LogP contribution in [0.15, 0.2) is 24.3 Å². The first kappa shape index (κ1) is 23.6. The SMILES string of the molecule is Cc1nn(C)c2sc(C(=O)N[C@@H]3CCC[C@H](c4nc5cc(C(F)(F)F)ccc5[nH]4)C3)cc12.Cl. The van der Waals surface area contributed by atoms with E-state index in [9.17, 15) is 18.0 Å². The van der Waals surface area contributed by atoms with Crippen molar-refractivity contribution in [1.82, 2.24) is 25.1 Å². The van der Waals surface area contributed by atoms with Gasteiger partial charge in [0.1, 0.15) is 10.7 Å². The summed E-state index contributed by atoms with van der Waals surface area (Å²) in [5.74, 6) is 0.641. The molecule has 0 spiro atoms. The molecule has 2 atom stereocenters. The number of benzene rings is 1. The second-order valence-electron chi connectivity index (χ2n) is 8.42. The average Bonchev–Trinajstić information content (AvgIpc) is 3.43. The summed E-state index contributed by atoms with van der Waals surface area (Å²) in [6, 6.07) is 5.45. The molecule has 0 radical (unpaired) electrons. The topological polar surface area (TPSA) is 75.6 Å². The molecule has 0 aliphatic heterocycles. The number of H-pyrrole nitrogens is 1. The monoisotopic (exact) mass is 497 g/mol. The zero-order valence-electron chi connectivity index (χ0n) is 18.0. The van der Waals surface area contributed by atoms with E-state index in [1.807, 2.05) is 20.0 Å². The number of alkyl halides is 3. The predicted octanol–water partition coefficient (Wildman–Crippen LogP) is 5.72. The van der Waals surface area contributed by atoms with Gasteiger partial charge in [0.2, 0.25) is 0 Å². The van der Waals surface area contributed by atoms with Crippen LogP contribution in [-0.2, 0) is 13.2 Å². The van der Waals surface area contributed by atoms with Crippen LogP contribution in [0.1, 0.15) is 58.4 Å². The van der Waals surface area contributed by atoms with Gasteiger partial charge in [0.25, 0.3) is 5.91 Å². The van der Waals surface area contributed by atoms with Crippen LogP contribution >= 0.6 is 23.7 Å². The molecule has 3 aromatic heterocycles. The molecule has 0 unspecified atom stereocenters. The van der Waals surface area contributed by atoms with E-state index in [1.54, 1.807) is 4.68 Å². The van der Waals surface area contributed by atoms with Crippen molar-refractivity contribution >= 4 is 50.9 Å². The number of amides is 1. The van der Waals surface area contributed by atoms with Crippen LogP contribution in [0.25, 0.3) is 21.3 Å². The smallest absolute Gasteiger partial charge is 0.349 e. The molecule has 2 N–H and O–H groups in total. The van der Waals surface area contributed by atoms with Crippen LogP contribution in [0.5, 0.6) is 0 Å². The third-order valence-corrected chi connectivity index (χ3v) is 7.35. The van der Waals surface area contributed by atoms with Crippen molar-refractivity contribution < 1.29 is 18.0 Å². The maximum atomic E-state index is 13.0. The lowest BCUT2D eigenvalue weighted by atomic mass is 9.85. The molecule has 11 heteroatoms. The van der Waals surface area contributed by atoms with Crippen LogP contribution < -0.4 is 5.32 Å². The minimum atomic E-state index is -4.39. The number of imidazole rings is 1. The Bertz CT molecular complexity index is 1290. The largest absolute Gasteiger partial charge is 0.416 e. The highest BCUT2D eigenvalue weighted by molar-refractivity contribution is 7.20. The zero-order chi connectivity index (χ0) is 22.6.